The first-order chi connectivity index (χ1) is 9.56. The number of hydrogen-bond donors (Lipinski definition) is 1. The number of nitrogens with zero attached hydrogens (tertiary/aromatic N) is 2. The summed E-state index contributed by atoms with van der Waals surface area (Å²) in [6.45, 7) is 2.29. The summed E-state index contributed by atoms with van der Waals surface area (Å²) in [7, 11) is 0. The molecule has 5 nitrogen and oxygen atoms in total. The van der Waals surface area contributed by atoms with Crippen molar-refractivity contribution in [2.24, 2.45) is 0 Å². The van der Waals surface area contributed by atoms with E-state index in [1.807, 2.05) is 0 Å². The van der Waals surface area contributed by atoms with Gasteiger partial charge in [0, 0.05) is 12.1 Å². The second-order valence-electron chi connectivity index (χ2n) is 4.42. The molecule has 0 aliphatic rings. The van der Waals surface area contributed by atoms with Crippen LogP contribution in [0, 0.1) is 22.9 Å². The van der Waals surface area contributed by atoms with Gasteiger partial charge in [0.05, 0.1) is 4.92 Å². The van der Waals surface area contributed by atoms with Crippen LogP contribution in [0.25, 0.3) is 0 Å². The smallest absolute Gasteiger partial charge is 0.290 e. The maximum atomic E-state index is 12.7. The average molecular weight is 275 g/mol. The van der Waals surface area contributed by atoms with Gasteiger partial charge >= 0.3 is 0 Å². The Morgan fingerprint density at radius 2 is 2.05 bits per heavy atom. The molecule has 0 fully saturated rings. The molecule has 1 N–H and O–H groups in total. The largest absolute Gasteiger partial charge is 0.370 e. The lowest BCUT2D eigenvalue weighted by Gasteiger charge is -2.06. The van der Waals surface area contributed by atoms with Crippen LogP contribution in [-0.4, -0.2) is 16.5 Å². The molecule has 0 radical (unpaired) electrons. The molecule has 20 heavy (non-hydrogen) atoms. The molecule has 0 atom stereocenters. The Hall–Kier alpha value is -2.50. The van der Waals surface area contributed by atoms with E-state index < -0.39 is 4.92 Å². The van der Waals surface area contributed by atoms with Gasteiger partial charge in [-0.25, -0.2) is 9.37 Å². The Balaban J connectivity index is 1.92. The van der Waals surface area contributed by atoms with E-state index in [9.17, 15) is 14.5 Å². The summed E-state index contributed by atoms with van der Waals surface area (Å²) in [4.78, 5) is 14.2. The van der Waals surface area contributed by atoms with Crippen molar-refractivity contribution in [1.82, 2.24) is 4.98 Å². The Morgan fingerprint density at radius 1 is 1.35 bits per heavy atom. The Morgan fingerprint density at radius 3 is 2.65 bits per heavy atom. The average Bonchev–Trinajstić information content (AvgIpc) is 2.41. The molecule has 2 aromatic rings. The highest BCUT2D eigenvalue weighted by atomic mass is 19.1. The lowest BCUT2D eigenvalue weighted by Crippen LogP contribution is -2.07. The minimum Gasteiger partial charge on any atom is -0.370 e. The van der Waals surface area contributed by atoms with E-state index in [0.29, 0.717) is 17.9 Å². The van der Waals surface area contributed by atoms with Crippen LogP contribution in [0.1, 0.15) is 11.1 Å². The van der Waals surface area contributed by atoms with Crippen LogP contribution in [0.5, 0.6) is 0 Å². The second-order valence-corrected chi connectivity index (χ2v) is 4.42. The molecule has 0 spiro atoms. The fraction of sp³-hybridized carbons (Fsp3) is 0.214. The van der Waals surface area contributed by atoms with Crippen LogP contribution in [-0.2, 0) is 6.42 Å². The summed E-state index contributed by atoms with van der Waals surface area (Å²) < 4.78 is 12.7. The minimum absolute atomic E-state index is 0.00841. The van der Waals surface area contributed by atoms with Gasteiger partial charge in [0.2, 0.25) is 0 Å². The quantitative estimate of drug-likeness (QED) is 0.672. The van der Waals surface area contributed by atoms with Crippen molar-refractivity contribution in [2.45, 2.75) is 13.3 Å². The van der Waals surface area contributed by atoms with Gasteiger partial charge in [0.15, 0.2) is 0 Å². The number of hydrogen-bond acceptors (Lipinski definition) is 4. The monoisotopic (exact) mass is 275 g/mol. The van der Waals surface area contributed by atoms with Crippen molar-refractivity contribution in [1.29, 1.82) is 0 Å². The number of pyridine rings is 1. The first-order valence-electron chi connectivity index (χ1n) is 6.15. The fourth-order valence-corrected chi connectivity index (χ4v) is 1.82. The molecule has 0 saturated heterocycles. The molecular weight excluding hydrogens is 261 g/mol. The van der Waals surface area contributed by atoms with Crippen LogP contribution in [0.4, 0.5) is 15.9 Å². The van der Waals surface area contributed by atoms with E-state index in [2.05, 4.69) is 10.3 Å². The number of anilines is 1. The molecule has 0 aliphatic carbocycles. The lowest BCUT2D eigenvalue weighted by molar-refractivity contribution is -0.385. The SMILES string of the molecule is Cc1cc(NCCc2ccc(F)cc2)ncc1[N+](=O)[O-]. The molecule has 6 heteroatoms. The lowest BCUT2D eigenvalue weighted by atomic mass is 10.1. The number of rotatable bonds is 5. The topological polar surface area (TPSA) is 68.1 Å². The zero-order chi connectivity index (χ0) is 14.5. The number of nitrogens with one attached hydrogen (secondary N) is 1. The van der Waals surface area contributed by atoms with Crippen molar-refractivity contribution in [2.75, 3.05) is 11.9 Å². The third kappa shape index (κ3) is 3.50. The molecule has 1 heterocycles. The van der Waals surface area contributed by atoms with Gasteiger partial charge in [-0.3, -0.25) is 10.1 Å². The molecule has 0 bridgehead atoms. The maximum absolute atomic E-state index is 12.7. The van der Waals surface area contributed by atoms with Crippen LogP contribution < -0.4 is 5.32 Å². The van der Waals surface area contributed by atoms with Crippen molar-refractivity contribution < 1.29 is 9.31 Å². The highest BCUT2D eigenvalue weighted by Gasteiger charge is 2.10. The molecule has 2 rings (SSSR count). The first kappa shape index (κ1) is 13.9. The summed E-state index contributed by atoms with van der Waals surface area (Å²) in [5.74, 6) is 0.338. The predicted molar refractivity (Wildman–Crippen MR) is 74.2 cm³/mol. The molecule has 0 aliphatic heterocycles. The molecular formula is C14H14FN3O2. The summed E-state index contributed by atoms with van der Waals surface area (Å²) in [5, 5.41) is 13.8. The van der Waals surface area contributed by atoms with Gasteiger partial charge in [-0.05, 0) is 37.1 Å². The van der Waals surface area contributed by atoms with Crippen LogP contribution in [0.15, 0.2) is 36.5 Å². The van der Waals surface area contributed by atoms with Crippen molar-refractivity contribution in [3.8, 4) is 0 Å². The molecule has 1 aromatic carbocycles. The van der Waals surface area contributed by atoms with Crippen molar-refractivity contribution in [3.05, 3.63) is 63.6 Å². The fourth-order valence-electron chi connectivity index (χ4n) is 1.82. The Labute approximate surface area is 115 Å². The van der Waals surface area contributed by atoms with E-state index in [0.717, 1.165) is 12.0 Å². The minimum atomic E-state index is -0.454. The van der Waals surface area contributed by atoms with E-state index in [4.69, 9.17) is 0 Å². The summed E-state index contributed by atoms with van der Waals surface area (Å²) >= 11 is 0. The summed E-state index contributed by atoms with van der Waals surface area (Å²) in [6, 6.07) is 7.94. The van der Waals surface area contributed by atoms with Gasteiger partial charge in [-0.2, -0.15) is 0 Å². The van der Waals surface area contributed by atoms with Crippen LogP contribution >= 0.6 is 0 Å². The van der Waals surface area contributed by atoms with E-state index in [1.54, 1.807) is 25.1 Å². The Bertz CT molecular complexity index is 614. The third-order valence-corrected chi connectivity index (χ3v) is 2.91. The third-order valence-electron chi connectivity index (χ3n) is 2.91. The number of halogens is 1. The van der Waals surface area contributed by atoms with Gasteiger partial charge < -0.3 is 5.32 Å². The highest BCUT2D eigenvalue weighted by molar-refractivity contribution is 5.46. The maximum Gasteiger partial charge on any atom is 0.290 e. The number of aromatic nitrogens is 1. The number of nitro groups is 1. The zero-order valence-electron chi connectivity index (χ0n) is 11.0. The Kier molecular flexibility index (Phi) is 4.24. The van der Waals surface area contributed by atoms with Crippen LogP contribution in [0.2, 0.25) is 0 Å². The molecule has 0 saturated carbocycles. The van der Waals surface area contributed by atoms with Crippen molar-refractivity contribution in [3.63, 3.8) is 0 Å². The number of aryl methyl sites for hydroxylation is 1. The number of benzene rings is 1. The normalized spacial score (nSPS) is 10.3. The molecule has 104 valence electrons. The van der Waals surface area contributed by atoms with E-state index in [-0.39, 0.29) is 11.5 Å². The van der Waals surface area contributed by atoms with Gasteiger partial charge in [-0.15, -0.1) is 0 Å². The van der Waals surface area contributed by atoms with E-state index >= 15 is 0 Å². The highest BCUT2D eigenvalue weighted by Crippen LogP contribution is 2.18. The molecule has 0 amide bonds. The van der Waals surface area contributed by atoms with Crippen molar-refractivity contribution >= 4 is 11.5 Å². The van der Waals surface area contributed by atoms with Gasteiger partial charge in [-0.1, -0.05) is 12.1 Å². The van der Waals surface area contributed by atoms with Gasteiger partial charge in [0.25, 0.3) is 5.69 Å². The summed E-state index contributed by atoms with van der Waals surface area (Å²) in [6.07, 6.45) is 1.97. The zero-order valence-corrected chi connectivity index (χ0v) is 11.0. The van der Waals surface area contributed by atoms with Crippen LogP contribution in [0.3, 0.4) is 0 Å². The van der Waals surface area contributed by atoms with E-state index in [1.165, 1.54) is 18.3 Å². The summed E-state index contributed by atoms with van der Waals surface area (Å²) in [5.41, 5.74) is 1.58. The second kappa shape index (κ2) is 6.10. The standard InChI is InChI=1S/C14H14FN3O2/c1-10-8-14(17-9-13(10)18(19)20)16-7-6-11-2-4-12(15)5-3-11/h2-5,8-9H,6-7H2,1H3,(H,16,17). The first-order valence-corrected chi connectivity index (χ1v) is 6.15. The van der Waals surface area contributed by atoms with Gasteiger partial charge in [0.1, 0.15) is 17.8 Å². The molecule has 0 unspecified atom stereocenters. The molecule has 1 aromatic heterocycles. The predicted octanol–water partition coefficient (Wildman–Crippen LogP) is 3.09.